The Hall–Kier alpha value is -2.86. The van der Waals surface area contributed by atoms with E-state index in [0.29, 0.717) is 25.6 Å². The highest BCUT2D eigenvalue weighted by Gasteiger charge is 2.16. The van der Waals surface area contributed by atoms with Crippen LogP contribution in [0.5, 0.6) is 0 Å². The van der Waals surface area contributed by atoms with Crippen LogP contribution in [0.1, 0.15) is 43.2 Å². The molecule has 1 aliphatic rings. The van der Waals surface area contributed by atoms with Gasteiger partial charge in [0.1, 0.15) is 0 Å². The van der Waals surface area contributed by atoms with Gasteiger partial charge in [0.25, 0.3) is 0 Å². The summed E-state index contributed by atoms with van der Waals surface area (Å²) in [6.45, 7) is 1.66. The van der Waals surface area contributed by atoms with Gasteiger partial charge < -0.3 is 20.9 Å². The second kappa shape index (κ2) is 11.5. The number of urea groups is 1. The summed E-state index contributed by atoms with van der Waals surface area (Å²) in [5.74, 6) is 0.00950. The molecule has 2 aromatic carbocycles. The Bertz CT molecular complexity index is 858. The van der Waals surface area contributed by atoms with Crippen molar-refractivity contribution in [2.24, 2.45) is 0 Å². The van der Waals surface area contributed by atoms with E-state index >= 15 is 0 Å². The molecule has 0 atom stereocenters. The van der Waals surface area contributed by atoms with E-state index in [1.165, 1.54) is 18.4 Å². The second-order valence-corrected chi connectivity index (χ2v) is 8.50. The molecule has 3 amide bonds. The molecular weight excluding hydrogens is 388 g/mol. The molecule has 0 saturated heterocycles. The lowest BCUT2D eigenvalue weighted by atomic mass is 9.98. The molecule has 1 fully saturated rings. The summed E-state index contributed by atoms with van der Waals surface area (Å²) in [5, 5.41) is 8.72. The first kappa shape index (κ1) is 22.8. The highest BCUT2D eigenvalue weighted by molar-refractivity contribution is 5.78. The zero-order chi connectivity index (χ0) is 22.1. The van der Waals surface area contributed by atoms with Crippen molar-refractivity contribution in [3.8, 4) is 11.1 Å². The van der Waals surface area contributed by atoms with E-state index in [9.17, 15) is 9.59 Å². The van der Waals surface area contributed by atoms with E-state index in [0.717, 1.165) is 36.1 Å². The summed E-state index contributed by atoms with van der Waals surface area (Å²) in [4.78, 5) is 26.3. The lowest BCUT2D eigenvalue weighted by Gasteiger charge is -2.14. The van der Waals surface area contributed by atoms with Crippen LogP contribution in [0, 0.1) is 0 Å². The van der Waals surface area contributed by atoms with Crippen LogP contribution < -0.4 is 16.0 Å². The molecule has 0 aromatic heterocycles. The molecule has 0 spiro atoms. The van der Waals surface area contributed by atoms with Gasteiger partial charge in [0.15, 0.2) is 0 Å². The molecule has 31 heavy (non-hydrogen) atoms. The topological polar surface area (TPSA) is 73.5 Å². The van der Waals surface area contributed by atoms with Crippen molar-refractivity contribution in [1.29, 1.82) is 0 Å². The van der Waals surface area contributed by atoms with Crippen molar-refractivity contribution < 1.29 is 9.59 Å². The summed E-state index contributed by atoms with van der Waals surface area (Å²) >= 11 is 0. The maximum Gasteiger partial charge on any atom is 0.315 e. The molecule has 2 aromatic rings. The van der Waals surface area contributed by atoms with Gasteiger partial charge in [-0.3, -0.25) is 4.79 Å². The van der Waals surface area contributed by atoms with E-state index in [-0.39, 0.29) is 11.9 Å². The minimum atomic E-state index is -0.259. The van der Waals surface area contributed by atoms with Gasteiger partial charge in [-0.15, -0.1) is 0 Å². The van der Waals surface area contributed by atoms with Crippen molar-refractivity contribution >= 4 is 11.9 Å². The van der Waals surface area contributed by atoms with Gasteiger partial charge in [-0.25, -0.2) is 4.79 Å². The lowest BCUT2D eigenvalue weighted by molar-refractivity contribution is -0.121. The number of benzene rings is 2. The third-order valence-corrected chi connectivity index (χ3v) is 5.58. The van der Waals surface area contributed by atoms with E-state index in [2.05, 4.69) is 65.3 Å². The summed E-state index contributed by atoms with van der Waals surface area (Å²) in [6.07, 6.45) is 4.81. The molecule has 166 valence electrons. The normalized spacial score (nSPS) is 13.9. The van der Waals surface area contributed by atoms with Gasteiger partial charge in [-0.1, -0.05) is 61.4 Å². The molecule has 3 rings (SSSR count). The Morgan fingerprint density at radius 3 is 2.39 bits per heavy atom. The fourth-order valence-corrected chi connectivity index (χ4v) is 4.01. The van der Waals surface area contributed by atoms with Crippen LogP contribution in [0.4, 0.5) is 4.79 Å². The molecule has 3 N–H and O–H groups in total. The number of hydrogen-bond acceptors (Lipinski definition) is 3. The quantitative estimate of drug-likeness (QED) is 0.577. The Morgan fingerprint density at radius 1 is 0.968 bits per heavy atom. The van der Waals surface area contributed by atoms with Crippen molar-refractivity contribution in [3.63, 3.8) is 0 Å². The Morgan fingerprint density at radius 2 is 1.68 bits per heavy atom. The van der Waals surface area contributed by atoms with Gasteiger partial charge >= 0.3 is 6.03 Å². The molecule has 0 aliphatic heterocycles. The first-order valence-electron chi connectivity index (χ1n) is 11.1. The van der Waals surface area contributed by atoms with Gasteiger partial charge in [-0.05, 0) is 49.2 Å². The highest BCUT2D eigenvalue weighted by atomic mass is 16.2. The van der Waals surface area contributed by atoms with Gasteiger partial charge in [0.2, 0.25) is 5.91 Å². The van der Waals surface area contributed by atoms with Crippen LogP contribution in [-0.4, -0.2) is 43.5 Å². The van der Waals surface area contributed by atoms with Crippen LogP contribution in [0.15, 0.2) is 48.5 Å². The summed E-state index contributed by atoms with van der Waals surface area (Å²) in [6, 6.07) is 16.7. The number of nitrogens with one attached hydrogen (secondary N) is 3. The summed E-state index contributed by atoms with van der Waals surface area (Å²) in [7, 11) is 4.12. The first-order valence-corrected chi connectivity index (χ1v) is 11.1. The standard InChI is InChI=1S/C25H34N4O2/c1-29(2)18-19-11-13-20(14-12-19)23-10-6-3-7-21(23)17-27-25(31)26-16-15-24(30)28-22-8-4-5-9-22/h3,6-7,10-14,22H,4-5,8-9,15-18H2,1-2H3,(H,28,30)(H2,26,27,31). The van der Waals surface area contributed by atoms with Crippen LogP contribution in [0.2, 0.25) is 0 Å². The molecule has 0 bridgehead atoms. The number of carbonyl (C=O) groups excluding carboxylic acids is 2. The van der Waals surface area contributed by atoms with Crippen molar-refractivity contribution in [1.82, 2.24) is 20.9 Å². The van der Waals surface area contributed by atoms with Crippen molar-refractivity contribution in [2.75, 3.05) is 20.6 Å². The van der Waals surface area contributed by atoms with E-state index in [1.807, 2.05) is 18.2 Å². The lowest BCUT2D eigenvalue weighted by Crippen LogP contribution is -2.39. The van der Waals surface area contributed by atoms with Crippen molar-refractivity contribution in [3.05, 3.63) is 59.7 Å². The predicted molar refractivity (Wildman–Crippen MR) is 125 cm³/mol. The average Bonchev–Trinajstić information content (AvgIpc) is 3.25. The molecule has 0 unspecified atom stereocenters. The van der Waals surface area contributed by atoms with Crippen molar-refractivity contribution in [2.45, 2.75) is 51.2 Å². The summed E-state index contributed by atoms with van der Waals surface area (Å²) < 4.78 is 0. The minimum Gasteiger partial charge on any atom is -0.353 e. The predicted octanol–water partition coefficient (Wildman–Crippen LogP) is 3.66. The van der Waals surface area contributed by atoms with Gasteiger partial charge in [0.05, 0.1) is 0 Å². The van der Waals surface area contributed by atoms with E-state index in [1.54, 1.807) is 0 Å². The second-order valence-electron chi connectivity index (χ2n) is 8.50. The maximum atomic E-state index is 12.2. The number of nitrogens with zero attached hydrogens (tertiary/aromatic N) is 1. The fraction of sp³-hybridized carbons (Fsp3) is 0.440. The third-order valence-electron chi connectivity index (χ3n) is 5.58. The van der Waals surface area contributed by atoms with Crippen LogP contribution in [0.25, 0.3) is 11.1 Å². The first-order chi connectivity index (χ1) is 15.0. The molecular formula is C25H34N4O2. The molecule has 1 aliphatic carbocycles. The molecule has 6 nitrogen and oxygen atoms in total. The smallest absolute Gasteiger partial charge is 0.315 e. The van der Waals surface area contributed by atoms with E-state index in [4.69, 9.17) is 0 Å². The Labute approximate surface area is 185 Å². The highest BCUT2D eigenvalue weighted by Crippen LogP contribution is 2.24. The monoisotopic (exact) mass is 422 g/mol. The number of amides is 3. The zero-order valence-corrected chi connectivity index (χ0v) is 18.6. The molecule has 0 heterocycles. The minimum absolute atomic E-state index is 0.00950. The van der Waals surface area contributed by atoms with Crippen LogP contribution >= 0.6 is 0 Å². The largest absolute Gasteiger partial charge is 0.353 e. The number of hydrogen-bond donors (Lipinski definition) is 3. The average molecular weight is 423 g/mol. The van der Waals surface area contributed by atoms with Gasteiger partial charge in [0, 0.05) is 32.1 Å². The molecule has 1 saturated carbocycles. The fourth-order valence-electron chi connectivity index (χ4n) is 4.01. The number of rotatable bonds is 9. The summed E-state index contributed by atoms with van der Waals surface area (Å²) in [5.41, 5.74) is 4.55. The van der Waals surface area contributed by atoms with Gasteiger partial charge in [-0.2, -0.15) is 0 Å². The Kier molecular flexibility index (Phi) is 8.47. The zero-order valence-electron chi connectivity index (χ0n) is 18.6. The SMILES string of the molecule is CN(C)Cc1ccc(-c2ccccc2CNC(=O)NCCC(=O)NC2CCCC2)cc1. The van der Waals surface area contributed by atoms with Crippen LogP contribution in [0.3, 0.4) is 0 Å². The molecule has 6 heteroatoms. The number of carbonyl (C=O) groups is 2. The Balaban J connectivity index is 1.47. The van der Waals surface area contributed by atoms with Crippen LogP contribution in [-0.2, 0) is 17.9 Å². The maximum absolute atomic E-state index is 12.2. The molecule has 0 radical (unpaired) electrons. The van der Waals surface area contributed by atoms with E-state index < -0.39 is 0 Å². The third kappa shape index (κ3) is 7.40.